The van der Waals surface area contributed by atoms with Crippen LogP contribution in [0.2, 0.25) is 0 Å². The molecule has 39 heavy (non-hydrogen) atoms. The van der Waals surface area contributed by atoms with Gasteiger partial charge in [0.05, 0.1) is 10.6 Å². The molecule has 4 amide bonds. The summed E-state index contributed by atoms with van der Waals surface area (Å²) in [5.74, 6) is 0.770. The van der Waals surface area contributed by atoms with Crippen molar-refractivity contribution in [1.82, 2.24) is 20.2 Å². The molecule has 2 saturated heterocycles. The fourth-order valence-corrected chi connectivity index (χ4v) is 5.06. The monoisotopic (exact) mass is 543 g/mol. The molecule has 2 N–H and O–H groups in total. The third-order valence-electron chi connectivity index (χ3n) is 6.39. The third kappa shape index (κ3) is 6.74. The number of rotatable bonds is 6. The third-order valence-corrected chi connectivity index (χ3v) is 7.20. The van der Waals surface area contributed by atoms with E-state index in [9.17, 15) is 14.4 Å². The molecule has 0 saturated carbocycles. The molecule has 0 spiro atoms. The van der Waals surface area contributed by atoms with Gasteiger partial charge in [0, 0.05) is 51.5 Å². The van der Waals surface area contributed by atoms with E-state index in [1.54, 1.807) is 11.0 Å². The van der Waals surface area contributed by atoms with Crippen molar-refractivity contribution in [2.75, 3.05) is 48.3 Å². The van der Waals surface area contributed by atoms with E-state index >= 15 is 0 Å². The van der Waals surface area contributed by atoms with Crippen LogP contribution in [0.5, 0.6) is 0 Å². The van der Waals surface area contributed by atoms with Gasteiger partial charge >= 0.3 is 6.03 Å². The number of para-hydroxylation sites is 1. The molecule has 0 aliphatic carbocycles. The van der Waals surface area contributed by atoms with Crippen molar-refractivity contribution in [3.63, 3.8) is 0 Å². The second-order valence-corrected chi connectivity index (χ2v) is 10.3. The lowest BCUT2D eigenvalue weighted by molar-refractivity contribution is -0.115. The quantitative estimate of drug-likeness (QED) is 0.446. The standard InChI is InChI=1S/C28H29N7O3S/c1-33(19-20-9-4-2-5-10-20)24-18-22(17-23-25(36)32-28(38)39-23)29-26(31-24)34-13-8-14-35(16-15-34)27(37)30-21-11-6-3-7-12-21/h2-7,9-12,17-18H,8,13-16,19H2,1H3,(H,30,37)(H,32,36,38)/b23-17+. The van der Waals surface area contributed by atoms with Crippen molar-refractivity contribution < 1.29 is 14.4 Å². The minimum Gasteiger partial charge on any atom is -0.355 e. The second-order valence-electron chi connectivity index (χ2n) is 9.27. The van der Waals surface area contributed by atoms with Gasteiger partial charge in [-0.2, -0.15) is 4.98 Å². The Labute approximate surface area is 231 Å². The van der Waals surface area contributed by atoms with Gasteiger partial charge < -0.3 is 20.0 Å². The first-order chi connectivity index (χ1) is 18.9. The zero-order valence-electron chi connectivity index (χ0n) is 21.5. The summed E-state index contributed by atoms with van der Waals surface area (Å²) in [6.45, 7) is 2.98. The summed E-state index contributed by atoms with van der Waals surface area (Å²) in [7, 11) is 1.95. The number of anilines is 3. The first-order valence-corrected chi connectivity index (χ1v) is 13.5. The number of aromatic nitrogens is 2. The Morgan fingerprint density at radius 3 is 2.49 bits per heavy atom. The summed E-state index contributed by atoms with van der Waals surface area (Å²) in [6.07, 6.45) is 2.37. The van der Waals surface area contributed by atoms with Crippen LogP contribution in [0.3, 0.4) is 0 Å². The van der Waals surface area contributed by atoms with Crippen molar-refractivity contribution in [3.05, 3.63) is 82.9 Å². The molecule has 0 unspecified atom stereocenters. The lowest BCUT2D eigenvalue weighted by Crippen LogP contribution is -2.38. The van der Waals surface area contributed by atoms with E-state index in [1.807, 2.05) is 66.5 Å². The normalized spacial score (nSPS) is 16.7. The molecule has 10 nitrogen and oxygen atoms in total. The number of thioether (sulfide) groups is 1. The number of hydrogen-bond acceptors (Lipinski definition) is 8. The Balaban J connectivity index is 1.37. The molecule has 0 atom stereocenters. The molecular formula is C28H29N7O3S. The van der Waals surface area contributed by atoms with Crippen LogP contribution in [0.1, 0.15) is 17.7 Å². The van der Waals surface area contributed by atoms with E-state index in [2.05, 4.69) is 27.7 Å². The molecular weight excluding hydrogens is 514 g/mol. The van der Waals surface area contributed by atoms with E-state index in [0.717, 1.165) is 29.4 Å². The predicted octanol–water partition coefficient (Wildman–Crippen LogP) is 4.18. The summed E-state index contributed by atoms with van der Waals surface area (Å²) >= 11 is 0.857. The Hall–Kier alpha value is -4.38. The molecule has 2 aliphatic rings. The van der Waals surface area contributed by atoms with Crippen LogP contribution in [0.25, 0.3) is 6.08 Å². The molecule has 3 aromatic rings. The van der Waals surface area contributed by atoms with Crippen LogP contribution in [0, 0.1) is 0 Å². The fraction of sp³-hybridized carbons (Fsp3) is 0.250. The molecule has 2 aromatic carbocycles. The number of imide groups is 1. The van der Waals surface area contributed by atoms with E-state index < -0.39 is 11.1 Å². The molecule has 1 aromatic heterocycles. The van der Waals surface area contributed by atoms with E-state index in [4.69, 9.17) is 9.97 Å². The van der Waals surface area contributed by atoms with Crippen molar-refractivity contribution in [2.24, 2.45) is 0 Å². The maximum absolute atomic E-state index is 12.9. The number of amides is 4. The topological polar surface area (TPSA) is 111 Å². The van der Waals surface area contributed by atoms with Crippen LogP contribution >= 0.6 is 11.8 Å². The summed E-state index contributed by atoms with van der Waals surface area (Å²) in [5, 5.41) is 4.84. The van der Waals surface area contributed by atoms with Gasteiger partial charge in [-0.25, -0.2) is 9.78 Å². The molecule has 0 radical (unpaired) electrons. The molecule has 2 fully saturated rings. The second kappa shape index (κ2) is 12.0. The van der Waals surface area contributed by atoms with Gasteiger partial charge in [-0.3, -0.25) is 14.9 Å². The van der Waals surface area contributed by atoms with Gasteiger partial charge in [0.2, 0.25) is 5.95 Å². The first kappa shape index (κ1) is 26.2. The summed E-state index contributed by atoms with van der Waals surface area (Å²) in [4.78, 5) is 52.5. The average Bonchev–Trinajstić information content (AvgIpc) is 3.11. The Kier molecular flexibility index (Phi) is 8.07. The zero-order valence-corrected chi connectivity index (χ0v) is 22.4. The fourth-order valence-electron chi connectivity index (χ4n) is 4.39. The van der Waals surface area contributed by atoms with Crippen LogP contribution in [0.4, 0.5) is 27.0 Å². The van der Waals surface area contributed by atoms with Gasteiger partial charge in [-0.15, -0.1) is 0 Å². The van der Waals surface area contributed by atoms with Crippen molar-refractivity contribution in [3.8, 4) is 0 Å². The first-order valence-electron chi connectivity index (χ1n) is 12.7. The van der Waals surface area contributed by atoms with Gasteiger partial charge in [0.25, 0.3) is 11.1 Å². The molecule has 200 valence electrons. The number of nitrogens with zero attached hydrogens (tertiary/aromatic N) is 5. The molecule has 0 bridgehead atoms. The van der Waals surface area contributed by atoms with Crippen molar-refractivity contribution in [1.29, 1.82) is 0 Å². The Morgan fingerprint density at radius 1 is 1.03 bits per heavy atom. The number of carbonyl (C=O) groups is 3. The van der Waals surface area contributed by atoms with E-state index in [1.165, 1.54) is 0 Å². The van der Waals surface area contributed by atoms with Crippen LogP contribution in [-0.2, 0) is 11.3 Å². The molecule has 11 heteroatoms. The molecule has 5 rings (SSSR count). The maximum Gasteiger partial charge on any atom is 0.321 e. The van der Waals surface area contributed by atoms with Crippen molar-refractivity contribution >= 4 is 52.5 Å². The highest BCUT2D eigenvalue weighted by molar-refractivity contribution is 8.18. The highest BCUT2D eigenvalue weighted by atomic mass is 32.2. The van der Waals surface area contributed by atoms with Crippen LogP contribution in [-0.4, -0.2) is 65.3 Å². The van der Waals surface area contributed by atoms with Crippen LogP contribution in [0.15, 0.2) is 71.6 Å². The van der Waals surface area contributed by atoms with Gasteiger partial charge in [0.15, 0.2) is 0 Å². The largest absolute Gasteiger partial charge is 0.355 e. The smallest absolute Gasteiger partial charge is 0.321 e. The Morgan fingerprint density at radius 2 is 1.77 bits per heavy atom. The van der Waals surface area contributed by atoms with Gasteiger partial charge in [-0.1, -0.05) is 48.5 Å². The molecule has 2 aliphatic heterocycles. The number of benzene rings is 2. The maximum atomic E-state index is 12.9. The number of carbonyl (C=O) groups excluding carboxylic acids is 3. The lowest BCUT2D eigenvalue weighted by atomic mass is 10.2. The van der Waals surface area contributed by atoms with Crippen LogP contribution < -0.4 is 20.4 Å². The van der Waals surface area contributed by atoms with Crippen molar-refractivity contribution in [2.45, 2.75) is 13.0 Å². The SMILES string of the molecule is CN(Cc1ccccc1)c1cc(/C=C2/SC(=O)NC2=O)nc(N2CCCN(C(=O)Nc3ccccc3)CC2)n1. The summed E-state index contributed by atoms with van der Waals surface area (Å²) in [6, 6.07) is 21.1. The highest BCUT2D eigenvalue weighted by Gasteiger charge is 2.26. The summed E-state index contributed by atoms with van der Waals surface area (Å²) in [5.41, 5.74) is 2.42. The van der Waals surface area contributed by atoms with E-state index in [-0.39, 0.29) is 6.03 Å². The minimum atomic E-state index is -0.431. The molecule has 3 heterocycles. The number of nitrogens with one attached hydrogen (secondary N) is 2. The number of hydrogen-bond donors (Lipinski definition) is 2. The van der Waals surface area contributed by atoms with Gasteiger partial charge in [-0.05, 0) is 42.0 Å². The average molecular weight is 544 g/mol. The predicted molar refractivity (Wildman–Crippen MR) is 154 cm³/mol. The number of urea groups is 1. The highest BCUT2D eigenvalue weighted by Crippen LogP contribution is 2.27. The zero-order chi connectivity index (χ0) is 27.2. The summed E-state index contributed by atoms with van der Waals surface area (Å²) < 4.78 is 0. The minimum absolute atomic E-state index is 0.139. The lowest BCUT2D eigenvalue weighted by Gasteiger charge is -2.25. The Bertz CT molecular complexity index is 1380. The van der Waals surface area contributed by atoms with Gasteiger partial charge in [0.1, 0.15) is 5.82 Å². The van der Waals surface area contributed by atoms with E-state index in [0.29, 0.717) is 55.1 Å².